The highest BCUT2D eigenvalue weighted by molar-refractivity contribution is 7.98. The van der Waals surface area contributed by atoms with Crippen LogP contribution in [0.3, 0.4) is 0 Å². The zero-order valence-electron chi connectivity index (χ0n) is 10.9. The van der Waals surface area contributed by atoms with Crippen LogP contribution in [0.1, 0.15) is 24.7 Å². The summed E-state index contributed by atoms with van der Waals surface area (Å²) in [6, 6.07) is 7.81. The van der Waals surface area contributed by atoms with E-state index in [-0.39, 0.29) is 5.91 Å². The Kier molecular flexibility index (Phi) is 4.57. The van der Waals surface area contributed by atoms with Crippen LogP contribution in [0, 0.1) is 6.92 Å². The van der Waals surface area contributed by atoms with E-state index in [4.69, 9.17) is 0 Å². The van der Waals surface area contributed by atoms with Crippen molar-refractivity contribution in [2.75, 3.05) is 5.32 Å². The summed E-state index contributed by atoms with van der Waals surface area (Å²) in [6.07, 6.45) is 0.488. The van der Waals surface area contributed by atoms with E-state index in [0.717, 1.165) is 22.4 Å². The van der Waals surface area contributed by atoms with E-state index in [0.29, 0.717) is 6.42 Å². The first-order chi connectivity index (χ1) is 9.17. The molecule has 2 aromatic rings. The van der Waals surface area contributed by atoms with Crippen LogP contribution in [0.5, 0.6) is 0 Å². The highest BCUT2D eigenvalue weighted by atomic mass is 32.2. The molecule has 1 aromatic carbocycles. The number of nitrogens with zero attached hydrogens (tertiary/aromatic N) is 2. The molecule has 0 bridgehead atoms. The SMILES string of the molecule is CCC(=O)Nc1ccc(CSc2n[nH]c(C)n2)cc1. The van der Waals surface area contributed by atoms with Crippen molar-refractivity contribution < 1.29 is 4.79 Å². The van der Waals surface area contributed by atoms with Gasteiger partial charge in [0.05, 0.1) is 0 Å². The number of hydrogen-bond acceptors (Lipinski definition) is 4. The van der Waals surface area contributed by atoms with Gasteiger partial charge in [0.25, 0.3) is 0 Å². The molecule has 0 aliphatic heterocycles. The second-order valence-electron chi connectivity index (χ2n) is 4.09. The number of carbonyl (C=O) groups is 1. The van der Waals surface area contributed by atoms with Gasteiger partial charge in [0.2, 0.25) is 11.1 Å². The number of H-pyrrole nitrogens is 1. The molecule has 0 saturated heterocycles. The zero-order valence-corrected chi connectivity index (χ0v) is 11.8. The number of aromatic amines is 1. The minimum Gasteiger partial charge on any atom is -0.326 e. The molecule has 0 saturated carbocycles. The molecule has 19 heavy (non-hydrogen) atoms. The Morgan fingerprint density at radius 1 is 1.37 bits per heavy atom. The average Bonchev–Trinajstić information content (AvgIpc) is 2.83. The lowest BCUT2D eigenvalue weighted by Gasteiger charge is -2.04. The van der Waals surface area contributed by atoms with Gasteiger partial charge in [0.1, 0.15) is 5.82 Å². The third-order valence-corrected chi connectivity index (χ3v) is 3.42. The maximum absolute atomic E-state index is 11.2. The molecule has 2 rings (SSSR count). The van der Waals surface area contributed by atoms with Crippen LogP contribution in [0.25, 0.3) is 0 Å². The molecule has 0 aliphatic carbocycles. The Bertz CT molecular complexity index is 550. The molecule has 0 spiro atoms. The molecule has 6 heteroatoms. The molecule has 1 heterocycles. The van der Waals surface area contributed by atoms with Crippen LogP contribution in [0.2, 0.25) is 0 Å². The molecule has 100 valence electrons. The number of amides is 1. The molecular weight excluding hydrogens is 260 g/mol. The van der Waals surface area contributed by atoms with Crippen molar-refractivity contribution in [1.82, 2.24) is 15.2 Å². The number of aromatic nitrogens is 3. The fraction of sp³-hybridized carbons (Fsp3) is 0.308. The first-order valence-corrected chi connectivity index (χ1v) is 7.06. The third kappa shape index (κ3) is 4.10. The van der Waals surface area contributed by atoms with Gasteiger partial charge in [-0.05, 0) is 24.6 Å². The van der Waals surface area contributed by atoms with Crippen molar-refractivity contribution in [3.63, 3.8) is 0 Å². The van der Waals surface area contributed by atoms with Crippen LogP contribution in [-0.4, -0.2) is 21.1 Å². The van der Waals surface area contributed by atoms with E-state index in [1.165, 1.54) is 5.56 Å². The average molecular weight is 276 g/mol. The molecule has 2 N–H and O–H groups in total. The second kappa shape index (κ2) is 6.38. The zero-order chi connectivity index (χ0) is 13.7. The lowest BCUT2D eigenvalue weighted by atomic mass is 10.2. The van der Waals surface area contributed by atoms with Gasteiger partial charge in [-0.2, -0.15) is 0 Å². The van der Waals surface area contributed by atoms with Crippen LogP contribution in [0.15, 0.2) is 29.4 Å². The normalized spacial score (nSPS) is 10.4. The fourth-order valence-corrected chi connectivity index (χ4v) is 2.27. The predicted molar refractivity (Wildman–Crippen MR) is 76.0 cm³/mol. The molecule has 0 aliphatic rings. The lowest BCUT2D eigenvalue weighted by molar-refractivity contribution is -0.115. The van der Waals surface area contributed by atoms with Gasteiger partial charge >= 0.3 is 0 Å². The van der Waals surface area contributed by atoms with Gasteiger partial charge in [-0.1, -0.05) is 30.8 Å². The number of aryl methyl sites for hydroxylation is 1. The molecular formula is C13H16N4OS. The smallest absolute Gasteiger partial charge is 0.224 e. The van der Waals surface area contributed by atoms with Crippen molar-refractivity contribution in [2.45, 2.75) is 31.2 Å². The summed E-state index contributed by atoms with van der Waals surface area (Å²) < 4.78 is 0. The first kappa shape index (κ1) is 13.6. The minimum atomic E-state index is 0.0262. The maximum Gasteiger partial charge on any atom is 0.224 e. The Morgan fingerprint density at radius 3 is 2.68 bits per heavy atom. The minimum absolute atomic E-state index is 0.0262. The molecule has 1 amide bonds. The Hall–Kier alpha value is -1.82. The lowest BCUT2D eigenvalue weighted by Crippen LogP contribution is -2.09. The molecule has 0 fully saturated rings. The number of carbonyl (C=O) groups excluding carboxylic acids is 1. The van der Waals surface area contributed by atoms with E-state index in [1.54, 1.807) is 11.8 Å². The largest absolute Gasteiger partial charge is 0.326 e. The van der Waals surface area contributed by atoms with Crippen LogP contribution in [-0.2, 0) is 10.5 Å². The van der Waals surface area contributed by atoms with Crippen LogP contribution < -0.4 is 5.32 Å². The second-order valence-corrected chi connectivity index (χ2v) is 5.03. The number of anilines is 1. The summed E-state index contributed by atoms with van der Waals surface area (Å²) in [6.45, 7) is 3.71. The van der Waals surface area contributed by atoms with Gasteiger partial charge in [0, 0.05) is 17.9 Å². The summed E-state index contributed by atoms with van der Waals surface area (Å²) in [5, 5.41) is 10.5. The topological polar surface area (TPSA) is 70.7 Å². The van der Waals surface area contributed by atoms with Crippen molar-refractivity contribution >= 4 is 23.4 Å². The highest BCUT2D eigenvalue weighted by Crippen LogP contribution is 2.20. The summed E-state index contributed by atoms with van der Waals surface area (Å²) in [7, 11) is 0. The van der Waals surface area contributed by atoms with E-state index in [2.05, 4.69) is 20.5 Å². The van der Waals surface area contributed by atoms with Gasteiger partial charge in [-0.3, -0.25) is 9.89 Å². The molecule has 1 aromatic heterocycles. The Balaban J connectivity index is 1.89. The number of rotatable bonds is 5. The van der Waals surface area contributed by atoms with Crippen molar-refractivity contribution in [3.8, 4) is 0 Å². The van der Waals surface area contributed by atoms with Crippen LogP contribution >= 0.6 is 11.8 Å². The van der Waals surface area contributed by atoms with Gasteiger partial charge in [-0.25, -0.2) is 4.98 Å². The third-order valence-electron chi connectivity index (χ3n) is 2.50. The number of hydrogen-bond donors (Lipinski definition) is 2. The summed E-state index contributed by atoms with van der Waals surface area (Å²) in [4.78, 5) is 15.5. The van der Waals surface area contributed by atoms with E-state index in [1.807, 2.05) is 38.1 Å². The molecule has 0 atom stereocenters. The van der Waals surface area contributed by atoms with Gasteiger partial charge < -0.3 is 5.32 Å². The standard InChI is InChI=1S/C13H16N4OS/c1-3-12(18)15-11-6-4-10(5-7-11)8-19-13-14-9(2)16-17-13/h4-7H,3,8H2,1-2H3,(H,15,18)(H,14,16,17). The van der Waals surface area contributed by atoms with Gasteiger partial charge in [-0.15, -0.1) is 5.10 Å². The summed E-state index contributed by atoms with van der Waals surface area (Å²) >= 11 is 1.58. The van der Waals surface area contributed by atoms with E-state index < -0.39 is 0 Å². The quantitative estimate of drug-likeness (QED) is 0.824. The Labute approximate surface area is 116 Å². The highest BCUT2D eigenvalue weighted by Gasteiger charge is 2.02. The molecule has 5 nitrogen and oxygen atoms in total. The van der Waals surface area contributed by atoms with Gasteiger partial charge in [0.15, 0.2) is 0 Å². The summed E-state index contributed by atoms with van der Waals surface area (Å²) in [5.41, 5.74) is 2.00. The van der Waals surface area contributed by atoms with E-state index in [9.17, 15) is 4.79 Å². The maximum atomic E-state index is 11.2. The summed E-state index contributed by atoms with van der Waals surface area (Å²) in [5.74, 6) is 1.65. The predicted octanol–water partition coefficient (Wildman–Crippen LogP) is 2.75. The number of benzene rings is 1. The fourth-order valence-electron chi connectivity index (χ4n) is 1.47. The van der Waals surface area contributed by atoms with Crippen molar-refractivity contribution in [2.24, 2.45) is 0 Å². The van der Waals surface area contributed by atoms with Crippen LogP contribution in [0.4, 0.5) is 5.69 Å². The number of thioether (sulfide) groups is 1. The molecule has 0 unspecified atom stereocenters. The van der Waals surface area contributed by atoms with Crippen molar-refractivity contribution in [3.05, 3.63) is 35.7 Å². The number of nitrogens with one attached hydrogen (secondary N) is 2. The van der Waals surface area contributed by atoms with E-state index >= 15 is 0 Å². The molecule has 0 radical (unpaired) electrons. The Morgan fingerprint density at radius 2 is 2.11 bits per heavy atom. The monoisotopic (exact) mass is 276 g/mol. The van der Waals surface area contributed by atoms with Crippen molar-refractivity contribution in [1.29, 1.82) is 0 Å². The first-order valence-electron chi connectivity index (χ1n) is 6.08.